The fourth-order valence-corrected chi connectivity index (χ4v) is 3.76. The molecule has 1 aromatic heterocycles. The highest BCUT2D eigenvalue weighted by Crippen LogP contribution is 2.19. The molecular formula is C30H44N2O3. The molecule has 0 spiro atoms. The van der Waals surface area contributed by atoms with Crippen LogP contribution in [0, 0.1) is 0 Å². The highest BCUT2D eigenvalue weighted by molar-refractivity contribution is 5.72. The molecule has 0 amide bonds. The van der Waals surface area contributed by atoms with E-state index < -0.39 is 0 Å². The second kappa shape index (κ2) is 18.8. The van der Waals surface area contributed by atoms with E-state index in [2.05, 4.69) is 60.2 Å². The zero-order valence-electron chi connectivity index (χ0n) is 21.8. The summed E-state index contributed by atoms with van der Waals surface area (Å²) in [5, 5.41) is 0. The molecule has 2 rings (SSSR count). The molecule has 1 heterocycles. The van der Waals surface area contributed by atoms with Gasteiger partial charge in [0.2, 0.25) is 0 Å². The average molecular weight is 481 g/mol. The van der Waals surface area contributed by atoms with Crippen molar-refractivity contribution in [2.45, 2.75) is 97.3 Å². The number of rotatable bonds is 19. The van der Waals surface area contributed by atoms with Crippen LogP contribution in [0.15, 0.2) is 48.8 Å². The minimum Gasteiger partial charge on any atom is -0.423 e. The van der Waals surface area contributed by atoms with E-state index in [0.717, 1.165) is 63.7 Å². The number of carbonyl (C=O) groups excluding carboxylic acids is 1. The fraction of sp³-hybridized carbons (Fsp3) is 0.567. The van der Waals surface area contributed by atoms with Gasteiger partial charge in [0.25, 0.3) is 0 Å². The molecule has 0 unspecified atom stereocenters. The van der Waals surface area contributed by atoms with E-state index in [9.17, 15) is 4.79 Å². The van der Waals surface area contributed by atoms with Crippen LogP contribution in [0.25, 0.3) is 11.4 Å². The number of hydrogen-bond acceptors (Lipinski definition) is 5. The third-order valence-electron chi connectivity index (χ3n) is 5.82. The smallest absolute Gasteiger partial charge is 0.311 e. The maximum atomic E-state index is 12.1. The number of nitrogens with zero attached hydrogens (tertiary/aromatic N) is 2. The summed E-state index contributed by atoms with van der Waals surface area (Å²) < 4.78 is 10.9. The highest BCUT2D eigenvalue weighted by atomic mass is 16.5. The number of allylic oxidation sites excluding steroid dienone is 2. The summed E-state index contributed by atoms with van der Waals surface area (Å²) in [6, 6.07) is 8.39. The van der Waals surface area contributed by atoms with E-state index >= 15 is 0 Å². The first-order chi connectivity index (χ1) is 17.2. The van der Waals surface area contributed by atoms with Gasteiger partial charge in [-0.1, -0.05) is 69.5 Å². The molecule has 0 N–H and O–H groups in total. The minimum absolute atomic E-state index is 0.227. The van der Waals surface area contributed by atoms with Gasteiger partial charge in [-0.05, 0) is 63.4 Å². The van der Waals surface area contributed by atoms with Crippen molar-refractivity contribution < 1.29 is 14.3 Å². The number of aryl methyl sites for hydroxylation is 1. The van der Waals surface area contributed by atoms with Crippen LogP contribution in [0.2, 0.25) is 0 Å². The number of aromatic nitrogens is 2. The van der Waals surface area contributed by atoms with Crippen LogP contribution in [-0.4, -0.2) is 29.2 Å². The van der Waals surface area contributed by atoms with Gasteiger partial charge in [0.05, 0.1) is 12.4 Å². The predicted octanol–water partition coefficient (Wildman–Crippen LogP) is 7.89. The monoisotopic (exact) mass is 480 g/mol. The van der Waals surface area contributed by atoms with E-state index in [1.165, 1.54) is 37.7 Å². The first-order valence-electron chi connectivity index (χ1n) is 13.6. The van der Waals surface area contributed by atoms with Crippen molar-refractivity contribution in [1.82, 2.24) is 9.97 Å². The number of unbranched alkanes of at least 4 members (excludes halogenated alkanes) is 7. The second-order valence-corrected chi connectivity index (χ2v) is 9.05. The summed E-state index contributed by atoms with van der Waals surface area (Å²) in [6.07, 6.45) is 21.5. The van der Waals surface area contributed by atoms with Crippen LogP contribution in [0.1, 0.15) is 96.5 Å². The van der Waals surface area contributed by atoms with Gasteiger partial charge in [0, 0.05) is 25.2 Å². The van der Waals surface area contributed by atoms with Crippen LogP contribution in [-0.2, 0) is 16.0 Å². The largest absolute Gasteiger partial charge is 0.423 e. The molecule has 5 nitrogen and oxygen atoms in total. The Kier molecular flexibility index (Phi) is 15.4. The predicted molar refractivity (Wildman–Crippen MR) is 144 cm³/mol. The third kappa shape index (κ3) is 13.2. The molecular weight excluding hydrogens is 436 g/mol. The SMILES string of the molecule is CCCCCC=CCCCCC(=O)Oc1cnc(-c2ccc(CCCCCOCCC)cc2)nc1. The van der Waals surface area contributed by atoms with Crippen molar-refractivity contribution in [3.8, 4) is 17.1 Å². The molecule has 192 valence electrons. The van der Waals surface area contributed by atoms with Crippen LogP contribution < -0.4 is 4.74 Å². The summed E-state index contributed by atoms with van der Waals surface area (Å²) in [7, 11) is 0. The maximum Gasteiger partial charge on any atom is 0.311 e. The van der Waals surface area contributed by atoms with Crippen LogP contribution in [0.3, 0.4) is 0 Å². The van der Waals surface area contributed by atoms with Crippen LogP contribution >= 0.6 is 0 Å². The molecule has 1 aromatic carbocycles. The molecule has 0 fully saturated rings. The first-order valence-corrected chi connectivity index (χ1v) is 13.6. The topological polar surface area (TPSA) is 61.3 Å². The molecule has 0 bridgehead atoms. The zero-order chi connectivity index (χ0) is 25.0. The van der Waals surface area contributed by atoms with Crippen molar-refractivity contribution in [1.29, 1.82) is 0 Å². The van der Waals surface area contributed by atoms with E-state index in [-0.39, 0.29) is 5.97 Å². The number of ether oxygens (including phenoxy) is 2. The van der Waals surface area contributed by atoms with Crippen molar-refractivity contribution in [2.24, 2.45) is 0 Å². The molecule has 0 radical (unpaired) electrons. The number of carbonyl (C=O) groups is 1. The van der Waals surface area contributed by atoms with E-state index in [4.69, 9.17) is 9.47 Å². The lowest BCUT2D eigenvalue weighted by atomic mass is 10.0. The van der Waals surface area contributed by atoms with Crippen molar-refractivity contribution in [2.75, 3.05) is 13.2 Å². The number of hydrogen-bond donors (Lipinski definition) is 0. The van der Waals surface area contributed by atoms with Gasteiger partial charge in [0.15, 0.2) is 11.6 Å². The Bertz CT molecular complexity index is 832. The van der Waals surface area contributed by atoms with Gasteiger partial charge in [0.1, 0.15) is 0 Å². The van der Waals surface area contributed by atoms with Gasteiger partial charge in [-0.3, -0.25) is 4.79 Å². The molecule has 0 saturated heterocycles. The molecule has 0 saturated carbocycles. The molecule has 0 aliphatic rings. The Morgan fingerprint density at radius 1 is 0.800 bits per heavy atom. The zero-order valence-corrected chi connectivity index (χ0v) is 21.8. The lowest BCUT2D eigenvalue weighted by Gasteiger charge is -2.06. The molecule has 0 atom stereocenters. The molecule has 35 heavy (non-hydrogen) atoms. The van der Waals surface area contributed by atoms with Crippen molar-refractivity contribution in [3.63, 3.8) is 0 Å². The molecule has 0 aliphatic heterocycles. The minimum atomic E-state index is -0.227. The van der Waals surface area contributed by atoms with Crippen LogP contribution in [0.4, 0.5) is 0 Å². The van der Waals surface area contributed by atoms with E-state index in [0.29, 0.717) is 18.0 Å². The molecule has 0 aliphatic carbocycles. The van der Waals surface area contributed by atoms with Gasteiger partial charge in [-0.15, -0.1) is 0 Å². The van der Waals surface area contributed by atoms with Gasteiger partial charge >= 0.3 is 5.97 Å². The Hall–Kier alpha value is -2.53. The quantitative estimate of drug-likeness (QED) is 0.116. The summed E-state index contributed by atoms with van der Waals surface area (Å²) in [5.74, 6) is 0.804. The van der Waals surface area contributed by atoms with E-state index in [1.54, 1.807) is 12.4 Å². The van der Waals surface area contributed by atoms with Crippen molar-refractivity contribution >= 4 is 5.97 Å². The lowest BCUT2D eigenvalue weighted by molar-refractivity contribution is -0.134. The molecule has 2 aromatic rings. The van der Waals surface area contributed by atoms with Gasteiger partial charge in [-0.2, -0.15) is 0 Å². The van der Waals surface area contributed by atoms with E-state index in [1.807, 2.05) is 0 Å². The van der Waals surface area contributed by atoms with Crippen LogP contribution in [0.5, 0.6) is 5.75 Å². The lowest BCUT2D eigenvalue weighted by Crippen LogP contribution is -2.08. The van der Waals surface area contributed by atoms with Gasteiger partial charge in [-0.25, -0.2) is 9.97 Å². The summed E-state index contributed by atoms with van der Waals surface area (Å²) >= 11 is 0. The summed E-state index contributed by atoms with van der Waals surface area (Å²) in [6.45, 7) is 6.09. The maximum absolute atomic E-state index is 12.1. The Morgan fingerprint density at radius 3 is 2.20 bits per heavy atom. The fourth-order valence-electron chi connectivity index (χ4n) is 3.76. The average Bonchev–Trinajstić information content (AvgIpc) is 2.88. The first kappa shape index (κ1) is 28.7. The normalized spacial score (nSPS) is 11.3. The Balaban J connectivity index is 1.64. The number of esters is 1. The van der Waals surface area contributed by atoms with Crippen molar-refractivity contribution in [3.05, 3.63) is 54.4 Å². The standard InChI is InChI=1S/C30H44N2O3/c1-3-5-6-7-8-9-10-11-14-17-29(33)35-28-24-31-30(32-25-28)27-20-18-26(19-21-27)16-13-12-15-23-34-22-4-2/h8-9,18-21,24-25H,3-7,10-17,22-23H2,1-2H3. The summed E-state index contributed by atoms with van der Waals surface area (Å²) in [4.78, 5) is 20.8. The molecule has 5 heteroatoms. The highest BCUT2D eigenvalue weighted by Gasteiger charge is 2.07. The Labute approximate surface area is 212 Å². The summed E-state index contributed by atoms with van der Waals surface area (Å²) in [5.41, 5.74) is 2.28. The number of benzene rings is 1. The Morgan fingerprint density at radius 2 is 1.51 bits per heavy atom. The second-order valence-electron chi connectivity index (χ2n) is 9.05. The third-order valence-corrected chi connectivity index (χ3v) is 5.82. The van der Waals surface area contributed by atoms with Gasteiger partial charge < -0.3 is 9.47 Å².